The second kappa shape index (κ2) is 8.82. The predicted molar refractivity (Wildman–Crippen MR) is 107 cm³/mol. The van der Waals surface area contributed by atoms with E-state index >= 15 is 0 Å². The predicted octanol–water partition coefficient (Wildman–Crippen LogP) is 1.47. The van der Waals surface area contributed by atoms with Gasteiger partial charge in [0.05, 0.1) is 26.2 Å². The van der Waals surface area contributed by atoms with Gasteiger partial charge in [-0.05, 0) is 38.1 Å². The Morgan fingerprint density at radius 1 is 1.00 bits per heavy atom. The SMILES string of the molecule is CCN(C(=O)[C@H](C)[NH+]1CCN(C(=O)c2ccccc2)CC1)c1ccccc1. The lowest BCUT2D eigenvalue weighted by molar-refractivity contribution is -0.917. The van der Waals surface area contributed by atoms with Gasteiger partial charge in [-0.1, -0.05) is 36.4 Å². The number of benzene rings is 2. The van der Waals surface area contributed by atoms with Crippen molar-refractivity contribution < 1.29 is 14.5 Å². The van der Waals surface area contributed by atoms with E-state index in [1.165, 1.54) is 4.90 Å². The van der Waals surface area contributed by atoms with Crippen LogP contribution < -0.4 is 9.80 Å². The van der Waals surface area contributed by atoms with Crippen molar-refractivity contribution in [2.75, 3.05) is 37.6 Å². The van der Waals surface area contributed by atoms with Crippen LogP contribution in [-0.2, 0) is 4.79 Å². The van der Waals surface area contributed by atoms with Gasteiger partial charge in [0.2, 0.25) is 0 Å². The summed E-state index contributed by atoms with van der Waals surface area (Å²) in [6.45, 7) is 7.59. The maximum atomic E-state index is 13.0. The van der Waals surface area contributed by atoms with Gasteiger partial charge in [-0.2, -0.15) is 0 Å². The lowest BCUT2D eigenvalue weighted by Gasteiger charge is -2.36. The number of carbonyl (C=O) groups excluding carboxylic acids is 2. The molecule has 0 bridgehead atoms. The first-order valence-electron chi connectivity index (χ1n) is 9.67. The molecule has 1 N–H and O–H groups in total. The Hall–Kier alpha value is -2.66. The van der Waals surface area contributed by atoms with Crippen molar-refractivity contribution in [3.05, 3.63) is 66.2 Å². The zero-order valence-corrected chi connectivity index (χ0v) is 16.1. The van der Waals surface area contributed by atoms with Crippen molar-refractivity contribution >= 4 is 17.5 Å². The van der Waals surface area contributed by atoms with Gasteiger partial charge in [0.15, 0.2) is 6.04 Å². The zero-order chi connectivity index (χ0) is 19.2. The number of anilines is 1. The number of hydrogen-bond acceptors (Lipinski definition) is 2. The Labute approximate surface area is 161 Å². The molecule has 1 aliphatic heterocycles. The van der Waals surface area contributed by atoms with E-state index in [4.69, 9.17) is 0 Å². The molecule has 142 valence electrons. The van der Waals surface area contributed by atoms with Crippen molar-refractivity contribution in [1.82, 2.24) is 4.90 Å². The molecule has 2 aromatic carbocycles. The minimum atomic E-state index is -0.126. The van der Waals surface area contributed by atoms with Crippen LogP contribution in [0.5, 0.6) is 0 Å². The molecule has 0 unspecified atom stereocenters. The van der Waals surface area contributed by atoms with E-state index < -0.39 is 0 Å². The molecule has 0 radical (unpaired) electrons. The number of nitrogens with one attached hydrogen (secondary N) is 1. The lowest BCUT2D eigenvalue weighted by Crippen LogP contribution is -3.19. The number of nitrogens with zero attached hydrogens (tertiary/aromatic N) is 2. The van der Waals surface area contributed by atoms with Crippen LogP contribution in [0.3, 0.4) is 0 Å². The maximum Gasteiger partial charge on any atom is 0.284 e. The van der Waals surface area contributed by atoms with Crippen molar-refractivity contribution in [2.24, 2.45) is 0 Å². The Bertz CT molecular complexity index is 756. The number of hydrogen-bond donors (Lipinski definition) is 1. The molecule has 5 heteroatoms. The minimum Gasteiger partial charge on any atom is -0.327 e. The Morgan fingerprint density at radius 3 is 2.11 bits per heavy atom. The molecule has 2 amide bonds. The summed E-state index contributed by atoms with van der Waals surface area (Å²) in [5.41, 5.74) is 1.67. The van der Waals surface area contributed by atoms with Gasteiger partial charge in [0, 0.05) is 17.8 Å². The first-order chi connectivity index (χ1) is 13.1. The van der Waals surface area contributed by atoms with E-state index in [9.17, 15) is 9.59 Å². The molecule has 0 spiro atoms. The van der Waals surface area contributed by atoms with Gasteiger partial charge >= 0.3 is 0 Å². The van der Waals surface area contributed by atoms with E-state index in [-0.39, 0.29) is 17.9 Å². The van der Waals surface area contributed by atoms with E-state index in [0.29, 0.717) is 19.6 Å². The Morgan fingerprint density at radius 2 is 1.56 bits per heavy atom. The van der Waals surface area contributed by atoms with Crippen LogP contribution in [0.15, 0.2) is 60.7 Å². The van der Waals surface area contributed by atoms with Crippen molar-refractivity contribution in [2.45, 2.75) is 19.9 Å². The van der Waals surface area contributed by atoms with E-state index in [1.54, 1.807) is 0 Å². The van der Waals surface area contributed by atoms with Crippen LogP contribution in [0.2, 0.25) is 0 Å². The van der Waals surface area contributed by atoms with Crippen LogP contribution >= 0.6 is 0 Å². The molecule has 3 rings (SSSR count). The highest BCUT2D eigenvalue weighted by Gasteiger charge is 2.33. The molecule has 5 nitrogen and oxygen atoms in total. The summed E-state index contributed by atoms with van der Waals surface area (Å²) in [6.07, 6.45) is 0. The fraction of sp³-hybridized carbons (Fsp3) is 0.364. The zero-order valence-electron chi connectivity index (χ0n) is 16.1. The first-order valence-corrected chi connectivity index (χ1v) is 9.67. The first kappa shape index (κ1) is 19.1. The summed E-state index contributed by atoms with van der Waals surface area (Å²) in [7, 11) is 0. The highest BCUT2D eigenvalue weighted by molar-refractivity contribution is 5.96. The number of carbonyl (C=O) groups is 2. The maximum absolute atomic E-state index is 13.0. The highest BCUT2D eigenvalue weighted by Crippen LogP contribution is 2.14. The van der Waals surface area contributed by atoms with Gasteiger partial charge in [-0.3, -0.25) is 9.59 Å². The van der Waals surface area contributed by atoms with Crippen LogP contribution in [0, 0.1) is 0 Å². The van der Waals surface area contributed by atoms with Crippen molar-refractivity contribution in [3.8, 4) is 0 Å². The molecular formula is C22H28N3O2+. The molecule has 0 aromatic heterocycles. The second-order valence-corrected chi connectivity index (χ2v) is 6.96. The standard InChI is InChI=1S/C22H27N3O2/c1-3-25(20-12-8-5-9-13-20)21(26)18(2)23-14-16-24(17-15-23)22(27)19-10-6-4-7-11-19/h4-13,18H,3,14-17H2,1-2H3/p+1/t18-/m0/s1. The van der Waals surface area contributed by atoms with Crippen LogP contribution in [0.4, 0.5) is 5.69 Å². The van der Waals surface area contributed by atoms with Crippen LogP contribution in [-0.4, -0.2) is 55.5 Å². The van der Waals surface area contributed by atoms with Gasteiger partial charge in [-0.25, -0.2) is 0 Å². The van der Waals surface area contributed by atoms with E-state index in [0.717, 1.165) is 24.3 Å². The van der Waals surface area contributed by atoms with Crippen LogP contribution in [0.25, 0.3) is 0 Å². The molecular weight excluding hydrogens is 338 g/mol. The average molecular weight is 366 g/mol. The summed E-state index contributed by atoms with van der Waals surface area (Å²) in [6, 6.07) is 19.1. The summed E-state index contributed by atoms with van der Waals surface area (Å²) < 4.78 is 0. The summed E-state index contributed by atoms with van der Waals surface area (Å²) in [5, 5.41) is 0. The third-order valence-corrected chi connectivity index (χ3v) is 5.35. The minimum absolute atomic E-state index is 0.0769. The largest absolute Gasteiger partial charge is 0.327 e. The topological polar surface area (TPSA) is 45.1 Å². The van der Waals surface area contributed by atoms with Gasteiger partial charge in [-0.15, -0.1) is 0 Å². The molecule has 1 saturated heterocycles. The number of rotatable bonds is 5. The molecule has 1 aliphatic rings. The monoisotopic (exact) mass is 366 g/mol. The Kier molecular flexibility index (Phi) is 6.24. The molecule has 2 aromatic rings. The highest BCUT2D eigenvalue weighted by atomic mass is 16.2. The quantitative estimate of drug-likeness (QED) is 0.871. The average Bonchev–Trinajstić information content (AvgIpc) is 2.74. The van der Waals surface area contributed by atoms with Gasteiger partial charge in [0.1, 0.15) is 0 Å². The molecule has 1 heterocycles. The molecule has 27 heavy (non-hydrogen) atoms. The normalized spacial score (nSPS) is 16.0. The Balaban J connectivity index is 1.60. The summed E-state index contributed by atoms with van der Waals surface area (Å²) >= 11 is 0. The molecule has 0 saturated carbocycles. The van der Waals surface area contributed by atoms with Crippen molar-refractivity contribution in [1.29, 1.82) is 0 Å². The summed E-state index contributed by atoms with van der Waals surface area (Å²) in [4.78, 5) is 30.6. The van der Waals surface area contributed by atoms with E-state index in [1.807, 2.05) is 84.3 Å². The number of para-hydroxylation sites is 1. The van der Waals surface area contributed by atoms with Gasteiger partial charge < -0.3 is 14.7 Å². The fourth-order valence-corrected chi connectivity index (χ4v) is 3.68. The third kappa shape index (κ3) is 4.37. The molecule has 1 fully saturated rings. The third-order valence-electron chi connectivity index (χ3n) is 5.35. The molecule has 1 atom stereocenters. The van der Waals surface area contributed by atoms with Crippen LogP contribution in [0.1, 0.15) is 24.2 Å². The second-order valence-electron chi connectivity index (χ2n) is 6.96. The van der Waals surface area contributed by atoms with Crippen molar-refractivity contribution in [3.63, 3.8) is 0 Å². The van der Waals surface area contributed by atoms with Gasteiger partial charge in [0.25, 0.3) is 11.8 Å². The molecule has 0 aliphatic carbocycles. The lowest BCUT2D eigenvalue weighted by atomic mass is 10.1. The van der Waals surface area contributed by atoms with E-state index in [2.05, 4.69) is 0 Å². The number of quaternary nitrogens is 1. The number of likely N-dealkylation sites (N-methyl/N-ethyl adjacent to an activating group) is 1. The fourth-order valence-electron chi connectivity index (χ4n) is 3.68. The number of piperazine rings is 1. The number of amides is 2. The smallest absolute Gasteiger partial charge is 0.284 e. The summed E-state index contributed by atoms with van der Waals surface area (Å²) in [5.74, 6) is 0.217.